The number of nitrogens with one attached hydrogen (secondary N) is 2. The molecule has 26 heavy (non-hydrogen) atoms. The fourth-order valence-corrected chi connectivity index (χ4v) is 4.56. The van der Waals surface area contributed by atoms with E-state index in [4.69, 9.17) is 4.74 Å². The van der Waals surface area contributed by atoms with Crippen LogP contribution in [0.4, 0.5) is 0 Å². The third-order valence-electron chi connectivity index (χ3n) is 6.26. The molecule has 3 unspecified atom stereocenters. The van der Waals surface area contributed by atoms with Gasteiger partial charge in [0.05, 0.1) is 7.11 Å². The number of carbonyl (C=O) groups is 2. The van der Waals surface area contributed by atoms with Crippen molar-refractivity contribution in [2.24, 2.45) is 11.8 Å². The lowest BCUT2D eigenvalue weighted by Crippen LogP contribution is -2.51. The van der Waals surface area contributed by atoms with Gasteiger partial charge in [-0.1, -0.05) is 13.0 Å². The van der Waals surface area contributed by atoms with Crippen LogP contribution >= 0.6 is 0 Å². The van der Waals surface area contributed by atoms with Crippen molar-refractivity contribution in [3.63, 3.8) is 0 Å². The molecular formula is C21H26N2O3. The average Bonchev–Trinajstić information content (AvgIpc) is 2.64. The predicted octanol–water partition coefficient (Wildman–Crippen LogP) is 2.95. The Kier molecular flexibility index (Phi) is 4.47. The molecule has 1 saturated heterocycles. The van der Waals surface area contributed by atoms with Crippen molar-refractivity contribution in [1.82, 2.24) is 10.6 Å². The van der Waals surface area contributed by atoms with Crippen LogP contribution in [0.15, 0.2) is 29.5 Å². The maximum Gasteiger partial charge on any atom is 0.252 e. The first-order valence-corrected chi connectivity index (χ1v) is 9.61. The summed E-state index contributed by atoms with van der Waals surface area (Å²) in [6, 6.07) is 4.98. The van der Waals surface area contributed by atoms with Crippen LogP contribution in [0.2, 0.25) is 0 Å². The zero-order valence-corrected chi connectivity index (χ0v) is 15.4. The van der Waals surface area contributed by atoms with E-state index in [1.165, 1.54) is 18.4 Å². The molecule has 138 valence electrons. The minimum atomic E-state index is -0.472. The number of amides is 2. The van der Waals surface area contributed by atoms with Crippen molar-refractivity contribution in [2.45, 2.75) is 51.5 Å². The molecule has 1 aromatic rings. The van der Waals surface area contributed by atoms with E-state index in [0.717, 1.165) is 35.9 Å². The third kappa shape index (κ3) is 2.79. The number of piperidine rings is 1. The molecule has 0 bridgehead atoms. The van der Waals surface area contributed by atoms with Crippen molar-refractivity contribution in [1.29, 1.82) is 0 Å². The second-order valence-corrected chi connectivity index (χ2v) is 7.55. The fraction of sp³-hybridized carbons (Fsp3) is 0.524. The van der Waals surface area contributed by atoms with Gasteiger partial charge in [-0.3, -0.25) is 9.59 Å². The number of carbonyl (C=O) groups excluding carboxylic acids is 2. The van der Waals surface area contributed by atoms with E-state index in [-0.39, 0.29) is 11.8 Å². The van der Waals surface area contributed by atoms with Gasteiger partial charge < -0.3 is 15.4 Å². The van der Waals surface area contributed by atoms with E-state index in [9.17, 15) is 9.59 Å². The summed E-state index contributed by atoms with van der Waals surface area (Å²) in [4.78, 5) is 25.2. The van der Waals surface area contributed by atoms with Crippen LogP contribution < -0.4 is 15.4 Å². The average molecular weight is 354 g/mol. The van der Waals surface area contributed by atoms with Gasteiger partial charge in [0.2, 0.25) is 5.91 Å². The molecule has 0 spiro atoms. The third-order valence-corrected chi connectivity index (χ3v) is 6.26. The first-order valence-electron chi connectivity index (χ1n) is 9.61. The van der Waals surface area contributed by atoms with E-state index in [0.29, 0.717) is 24.2 Å². The van der Waals surface area contributed by atoms with E-state index in [2.05, 4.69) is 10.6 Å². The molecular weight excluding hydrogens is 328 g/mol. The molecule has 2 amide bonds. The molecule has 1 aromatic carbocycles. The highest BCUT2D eigenvalue weighted by molar-refractivity contribution is 5.99. The second kappa shape index (κ2) is 6.78. The lowest BCUT2D eigenvalue weighted by atomic mass is 9.56. The summed E-state index contributed by atoms with van der Waals surface area (Å²) in [5, 5.41) is 5.97. The summed E-state index contributed by atoms with van der Waals surface area (Å²) in [7, 11) is 1.60. The molecule has 3 fully saturated rings. The summed E-state index contributed by atoms with van der Waals surface area (Å²) in [6.45, 7) is 1.99. The summed E-state index contributed by atoms with van der Waals surface area (Å²) in [6.07, 6.45) is 5.97. The number of hydrogen-bond acceptors (Lipinski definition) is 3. The number of rotatable bonds is 4. The molecule has 5 heteroatoms. The van der Waals surface area contributed by atoms with E-state index < -0.39 is 6.04 Å². The highest BCUT2D eigenvalue weighted by Crippen LogP contribution is 2.55. The van der Waals surface area contributed by atoms with Crippen LogP contribution in [0.3, 0.4) is 0 Å². The molecule has 0 radical (unpaired) electrons. The second-order valence-electron chi connectivity index (χ2n) is 7.55. The van der Waals surface area contributed by atoms with Crippen LogP contribution in [0.1, 0.15) is 54.9 Å². The molecule has 1 aliphatic heterocycles. The Labute approximate surface area is 154 Å². The molecule has 2 aliphatic carbocycles. The number of benzene rings is 1. The highest BCUT2D eigenvalue weighted by Gasteiger charge is 2.45. The van der Waals surface area contributed by atoms with Crippen molar-refractivity contribution in [3.8, 4) is 5.75 Å². The SMILES string of the molecule is CCc1c(OC)cccc1C(=O)NC1CC/C(=C2\CC3CCC23)NC1=O. The molecule has 1 heterocycles. The standard InChI is InChI=1S/C21H26N2O3/c1-3-13-15(5-4-6-19(13)26-2)20(24)23-18-10-9-17(22-21(18)25)16-11-12-7-8-14(12)16/h4-6,12,14,18H,3,7-11H2,1-2H3,(H,22,25)(H,23,24)/b17-16-. The molecule has 3 aliphatic rings. The summed E-state index contributed by atoms with van der Waals surface area (Å²) in [5.74, 6) is 2.00. The smallest absolute Gasteiger partial charge is 0.252 e. The zero-order valence-electron chi connectivity index (χ0n) is 15.4. The first kappa shape index (κ1) is 17.1. The van der Waals surface area contributed by atoms with Gasteiger partial charge in [0.1, 0.15) is 11.8 Å². The quantitative estimate of drug-likeness (QED) is 0.874. The summed E-state index contributed by atoms with van der Waals surface area (Å²) >= 11 is 0. The van der Waals surface area contributed by atoms with Gasteiger partial charge in [0.15, 0.2) is 0 Å². The Bertz CT molecular complexity index is 783. The van der Waals surface area contributed by atoms with Crippen LogP contribution in [0, 0.1) is 11.8 Å². The van der Waals surface area contributed by atoms with Crippen LogP contribution in [-0.2, 0) is 11.2 Å². The highest BCUT2D eigenvalue weighted by atomic mass is 16.5. The van der Waals surface area contributed by atoms with Gasteiger partial charge in [0.25, 0.3) is 5.91 Å². The number of allylic oxidation sites excluding steroid dienone is 2. The number of methoxy groups -OCH3 is 1. The van der Waals surface area contributed by atoms with E-state index in [1.54, 1.807) is 13.2 Å². The van der Waals surface area contributed by atoms with Crippen LogP contribution in [0.25, 0.3) is 0 Å². The summed E-state index contributed by atoms with van der Waals surface area (Å²) in [5.41, 5.74) is 4.04. The Hall–Kier alpha value is -2.30. The molecule has 2 saturated carbocycles. The van der Waals surface area contributed by atoms with Crippen molar-refractivity contribution < 1.29 is 14.3 Å². The van der Waals surface area contributed by atoms with Gasteiger partial charge in [-0.05, 0) is 68.1 Å². The number of fused-ring (bicyclic) bond motifs is 1. The zero-order chi connectivity index (χ0) is 18.3. The Morgan fingerprint density at radius 3 is 2.73 bits per heavy atom. The molecule has 0 aromatic heterocycles. The van der Waals surface area contributed by atoms with E-state index in [1.807, 2.05) is 19.1 Å². The Balaban J connectivity index is 1.44. The van der Waals surface area contributed by atoms with Gasteiger partial charge in [-0.2, -0.15) is 0 Å². The van der Waals surface area contributed by atoms with E-state index >= 15 is 0 Å². The van der Waals surface area contributed by atoms with Crippen molar-refractivity contribution >= 4 is 11.8 Å². The molecule has 5 nitrogen and oxygen atoms in total. The predicted molar refractivity (Wildman–Crippen MR) is 98.9 cm³/mol. The lowest BCUT2D eigenvalue weighted by Gasteiger charge is -2.50. The Morgan fingerprint density at radius 1 is 1.31 bits per heavy atom. The molecule has 4 rings (SSSR count). The Morgan fingerprint density at radius 2 is 2.15 bits per heavy atom. The summed E-state index contributed by atoms with van der Waals surface area (Å²) < 4.78 is 5.36. The van der Waals surface area contributed by atoms with Crippen molar-refractivity contribution in [2.75, 3.05) is 7.11 Å². The molecule has 2 N–H and O–H groups in total. The maximum absolute atomic E-state index is 12.7. The lowest BCUT2D eigenvalue weighted by molar-refractivity contribution is -0.123. The molecule has 3 atom stereocenters. The largest absolute Gasteiger partial charge is 0.496 e. The van der Waals surface area contributed by atoms with Gasteiger partial charge in [-0.15, -0.1) is 0 Å². The van der Waals surface area contributed by atoms with Gasteiger partial charge >= 0.3 is 0 Å². The normalized spacial score (nSPS) is 29.8. The first-order chi connectivity index (χ1) is 12.6. The van der Waals surface area contributed by atoms with Gasteiger partial charge in [-0.25, -0.2) is 0 Å². The van der Waals surface area contributed by atoms with Crippen molar-refractivity contribution in [3.05, 3.63) is 40.6 Å². The minimum Gasteiger partial charge on any atom is -0.496 e. The monoisotopic (exact) mass is 354 g/mol. The number of hydrogen-bond donors (Lipinski definition) is 2. The van der Waals surface area contributed by atoms with Gasteiger partial charge in [0, 0.05) is 16.8 Å². The fourth-order valence-electron chi connectivity index (χ4n) is 4.56. The van der Waals surface area contributed by atoms with Crippen LogP contribution in [-0.4, -0.2) is 25.0 Å². The number of ether oxygens (including phenoxy) is 1. The topological polar surface area (TPSA) is 67.4 Å². The minimum absolute atomic E-state index is 0.0872. The maximum atomic E-state index is 12.7. The van der Waals surface area contributed by atoms with Crippen LogP contribution in [0.5, 0.6) is 5.75 Å².